The molecule has 0 saturated carbocycles. The van der Waals surface area contributed by atoms with Gasteiger partial charge in [0.15, 0.2) is 5.69 Å². The average Bonchev–Trinajstić information content (AvgIpc) is 2.28. The van der Waals surface area contributed by atoms with Gasteiger partial charge in [-0.15, -0.1) is 0 Å². The predicted octanol–water partition coefficient (Wildman–Crippen LogP) is 0.683. The summed E-state index contributed by atoms with van der Waals surface area (Å²) in [7, 11) is 0. The Kier molecular flexibility index (Phi) is 3.40. The quantitative estimate of drug-likeness (QED) is 0.808. The van der Waals surface area contributed by atoms with Crippen molar-refractivity contribution >= 4 is 17.7 Å². The van der Waals surface area contributed by atoms with Gasteiger partial charge in [0.05, 0.1) is 11.4 Å². The van der Waals surface area contributed by atoms with Crippen molar-refractivity contribution in [1.29, 1.82) is 0 Å². The number of carboxylic acid groups (broad SMARTS) is 1. The van der Waals surface area contributed by atoms with E-state index in [1.165, 1.54) is 0 Å². The zero-order valence-electron chi connectivity index (χ0n) is 8.99. The Morgan fingerprint density at radius 3 is 3.06 bits per heavy atom. The van der Waals surface area contributed by atoms with Gasteiger partial charge in [-0.2, -0.15) is 11.8 Å². The maximum atomic E-state index is 11.1. The molecule has 1 aliphatic heterocycles. The fraction of sp³-hybridized carbons (Fsp3) is 0.500. The largest absolute Gasteiger partial charge is 0.476 e. The van der Waals surface area contributed by atoms with E-state index in [1.807, 2.05) is 6.26 Å². The van der Waals surface area contributed by atoms with Crippen LogP contribution in [0.2, 0.25) is 0 Å². The van der Waals surface area contributed by atoms with E-state index in [0.29, 0.717) is 18.1 Å². The highest BCUT2D eigenvalue weighted by atomic mass is 32.2. The molecule has 0 radical (unpaired) electrons. The van der Waals surface area contributed by atoms with E-state index in [1.54, 1.807) is 11.8 Å². The number of rotatable bonds is 3. The van der Waals surface area contributed by atoms with Crippen molar-refractivity contribution in [3.63, 3.8) is 0 Å². The molecule has 0 aliphatic carbocycles. The van der Waals surface area contributed by atoms with E-state index in [4.69, 9.17) is 5.11 Å². The Balaban J connectivity index is 2.47. The first-order chi connectivity index (χ1) is 7.72. The average molecular weight is 239 g/mol. The fourth-order valence-electron chi connectivity index (χ4n) is 1.76. The van der Waals surface area contributed by atoms with Crippen LogP contribution in [0.4, 0.5) is 0 Å². The molecule has 0 spiro atoms. The van der Waals surface area contributed by atoms with Crippen molar-refractivity contribution in [2.24, 2.45) is 0 Å². The van der Waals surface area contributed by atoms with Crippen molar-refractivity contribution in [1.82, 2.24) is 15.3 Å². The van der Waals surface area contributed by atoms with Gasteiger partial charge in [-0.1, -0.05) is 0 Å². The first kappa shape index (κ1) is 11.3. The summed E-state index contributed by atoms with van der Waals surface area (Å²) >= 11 is 1.59. The van der Waals surface area contributed by atoms with E-state index in [-0.39, 0.29) is 5.69 Å². The molecule has 86 valence electrons. The Morgan fingerprint density at radius 1 is 1.56 bits per heavy atom. The normalized spacial score (nSPS) is 14.6. The zero-order chi connectivity index (χ0) is 11.5. The summed E-state index contributed by atoms with van der Waals surface area (Å²) in [6.07, 6.45) is 2.73. The molecule has 0 atom stereocenters. The minimum atomic E-state index is -0.968. The number of carboxylic acids is 1. The highest BCUT2D eigenvalue weighted by Crippen LogP contribution is 2.17. The second-order valence-corrected chi connectivity index (χ2v) is 4.44. The van der Waals surface area contributed by atoms with Gasteiger partial charge in [-0.25, -0.2) is 14.8 Å². The molecule has 2 heterocycles. The van der Waals surface area contributed by atoms with Gasteiger partial charge in [0, 0.05) is 25.1 Å². The summed E-state index contributed by atoms with van der Waals surface area (Å²) in [5.41, 5.74) is 1.78. The molecule has 6 heteroatoms. The first-order valence-electron chi connectivity index (χ1n) is 5.04. The van der Waals surface area contributed by atoms with Crippen molar-refractivity contribution < 1.29 is 9.90 Å². The molecule has 1 aromatic rings. The lowest BCUT2D eigenvalue weighted by molar-refractivity contribution is 0.0688. The molecule has 5 nitrogen and oxygen atoms in total. The third kappa shape index (κ3) is 2.17. The molecule has 0 saturated heterocycles. The van der Waals surface area contributed by atoms with E-state index in [0.717, 1.165) is 24.2 Å². The number of hydrogen-bond acceptors (Lipinski definition) is 5. The van der Waals surface area contributed by atoms with Crippen LogP contribution < -0.4 is 5.32 Å². The molecule has 1 aromatic heterocycles. The monoisotopic (exact) mass is 239 g/mol. The smallest absolute Gasteiger partial charge is 0.354 e. The SMILES string of the molecule is CSCc1nc2c(c(C(=O)O)n1)CNCC2. The first-order valence-corrected chi connectivity index (χ1v) is 6.43. The third-order valence-corrected chi connectivity index (χ3v) is 3.00. The Hall–Kier alpha value is -1.14. The Morgan fingerprint density at radius 2 is 2.38 bits per heavy atom. The van der Waals surface area contributed by atoms with Crippen molar-refractivity contribution in [3.8, 4) is 0 Å². The van der Waals surface area contributed by atoms with Crippen LogP contribution in [0.1, 0.15) is 27.6 Å². The Bertz CT molecular complexity index is 423. The number of fused-ring (bicyclic) bond motifs is 1. The van der Waals surface area contributed by atoms with Crippen molar-refractivity contribution in [2.75, 3.05) is 12.8 Å². The summed E-state index contributed by atoms with van der Waals surface area (Å²) in [4.78, 5) is 19.6. The second-order valence-electron chi connectivity index (χ2n) is 3.58. The van der Waals surface area contributed by atoms with Gasteiger partial charge in [-0.05, 0) is 6.26 Å². The molecule has 0 amide bonds. The van der Waals surface area contributed by atoms with E-state index < -0.39 is 5.97 Å². The highest BCUT2D eigenvalue weighted by Gasteiger charge is 2.21. The van der Waals surface area contributed by atoms with Crippen LogP contribution in [0.5, 0.6) is 0 Å². The molecular weight excluding hydrogens is 226 g/mol. The van der Waals surface area contributed by atoms with Crippen LogP contribution in [0.25, 0.3) is 0 Å². The highest BCUT2D eigenvalue weighted by molar-refractivity contribution is 7.97. The van der Waals surface area contributed by atoms with E-state index >= 15 is 0 Å². The molecule has 16 heavy (non-hydrogen) atoms. The van der Waals surface area contributed by atoms with Crippen LogP contribution >= 0.6 is 11.8 Å². The number of thioether (sulfide) groups is 1. The summed E-state index contributed by atoms with van der Waals surface area (Å²) in [5.74, 6) is 0.302. The number of carbonyl (C=O) groups is 1. The van der Waals surface area contributed by atoms with Gasteiger partial charge in [-0.3, -0.25) is 0 Å². The summed E-state index contributed by atoms with van der Waals surface area (Å²) in [6.45, 7) is 1.40. The molecule has 0 aromatic carbocycles. The minimum Gasteiger partial charge on any atom is -0.476 e. The molecule has 0 fully saturated rings. The third-order valence-electron chi connectivity index (χ3n) is 2.46. The van der Waals surface area contributed by atoms with Gasteiger partial charge in [0.1, 0.15) is 5.82 Å². The number of nitrogens with one attached hydrogen (secondary N) is 1. The predicted molar refractivity (Wildman–Crippen MR) is 61.6 cm³/mol. The van der Waals surface area contributed by atoms with Crippen LogP contribution in [0.3, 0.4) is 0 Å². The zero-order valence-corrected chi connectivity index (χ0v) is 9.80. The maximum absolute atomic E-state index is 11.1. The van der Waals surface area contributed by atoms with Gasteiger partial charge >= 0.3 is 5.97 Å². The van der Waals surface area contributed by atoms with Crippen molar-refractivity contribution in [2.45, 2.75) is 18.7 Å². The maximum Gasteiger partial charge on any atom is 0.354 e. The summed E-state index contributed by atoms with van der Waals surface area (Å²) < 4.78 is 0. The topological polar surface area (TPSA) is 75.1 Å². The molecule has 1 aliphatic rings. The summed E-state index contributed by atoms with van der Waals surface area (Å²) in [6, 6.07) is 0. The van der Waals surface area contributed by atoms with E-state index in [9.17, 15) is 4.79 Å². The standard InChI is InChI=1S/C10H13N3O2S/c1-16-5-8-12-7-2-3-11-4-6(7)9(13-8)10(14)15/h11H,2-5H2,1H3,(H,14,15). The molecule has 0 bridgehead atoms. The van der Waals surface area contributed by atoms with Crippen LogP contribution in [0.15, 0.2) is 0 Å². The minimum absolute atomic E-state index is 0.154. The number of aromatic carboxylic acids is 1. The van der Waals surface area contributed by atoms with Crippen LogP contribution in [0, 0.1) is 0 Å². The lowest BCUT2D eigenvalue weighted by Gasteiger charge is -2.18. The second kappa shape index (κ2) is 4.80. The molecule has 2 rings (SSSR count). The fourth-order valence-corrected chi connectivity index (χ4v) is 2.15. The summed E-state index contributed by atoms with van der Waals surface area (Å²) in [5, 5.41) is 12.2. The Labute approximate surface area is 97.7 Å². The number of nitrogens with zero attached hydrogens (tertiary/aromatic N) is 2. The lowest BCUT2D eigenvalue weighted by atomic mass is 10.1. The lowest BCUT2D eigenvalue weighted by Crippen LogP contribution is -2.28. The van der Waals surface area contributed by atoms with Gasteiger partial charge in [0.2, 0.25) is 0 Å². The van der Waals surface area contributed by atoms with Gasteiger partial charge < -0.3 is 10.4 Å². The van der Waals surface area contributed by atoms with Crippen LogP contribution in [-0.4, -0.2) is 33.8 Å². The van der Waals surface area contributed by atoms with Gasteiger partial charge in [0.25, 0.3) is 0 Å². The van der Waals surface area contributed by atoms with Crippen molar-refractivity contribution in [3.05, 3.63) is 22.8 Å². The molecule has 2 N–H and O–H groups in total. The number of hydrogen-bond donors (Lipinski definition) is 2. The molecular formula is C10H13N3O2S. The number of aromatic nitrogens is 2. The van der Waals surface area contributed by atoms with Crippen LogP contribution in [-0.2, 0) is 18.7 Å². The molecule has 0 unspecified atom stereocenters. The van der Waals surface area contributed by atoms with E-state index in [2.05, 4.69) is 15.3 Å².